The third kappa shape index (κ3) is 2.57. The Labute approximate surface area is 128 Å². The van der Waals surface area contributed by atoms with E-state index in [4.69, 9.17) is 10.00 Å². The van der Waals surface area contributed by atoms with Crippen molar-refractivity contribution in [3.05, 3.63) is 71.4 Å². The molecular weight excluding hydrogens is 276 g/mol. The van der Waals surface area contributed by atoms with Gasteiger partial charge in [-0.25, -0.2) is 4.79 Å². The molecule has 0 saturated carbocycles. The number of hydrogen-bond donors (Lipinski definition) is 0. The highest BCUT2D eigenvalue weighted by molar-refractivity contribution is 6.04. The number of rotatable bonds is 3. The fourth-order valence-electron chi connectivity index (χ4n) is 2.41. The zero-order valence-electron chi connectivity index (χ0n) is 12.1. The summed E-state index contributed by atoms with van der Waals surface area (Å²) in [6, 6.07) is 16.8. The standard InChI is InChI=1S/C18H14N2O2/c1-20-11-16(15-4-2-3-5-17(15)20)18(21)22-12-14-8-6-13(10-19)7-9-14/h2-9,11H,12H2,1H3. The molecule has 3 rings (SSSR count). The van der Waals surface area contributed by atoms with E-state index in [1.165, 1.54) is 0 Å². The van der Waals surface area contributed by atoms with Gasteiger partial charge < -0.3 is 9.30 Å². The average molecular weight is 290 g/mol. The minimum absolute atomic E-state index is 0.188. The van der Waals surface area contributed by atoms with E-state index < -0.39 is 0 Å². The zero-order valence-corrected chi connectivity index (χ0v) is 12.1. The molecule has 0 amide bonds. The topological polar surface area (TPSA) is 55.0 Å². The number of fused-ring (bicyclic) bond motifs is 1. The first kappa shape index (κ1) is 13.9. The number of carbonyl (C=O) groups excluding carboxylic acids is 1. The van der Waals surface area contributed by atoms with Crippen molar-refractivity contribution in [1.29, 1.82) is 5.26 Å². The number of benzene rings is 2. The molecule has 0 atom stereocenters. The maximum absolute atomic E-state index is 12.3. The molecule has 4 nitrogen and oxygen atoms in total. The Bertz CT molecular complexity index is 870. The SMILES string of the molecule is Cn1cc(C(=O)OCc2ccc(C#N)cc2)c2ccccc21. The van der Waals surface area contributed by atoms with E-state index >= 15 is 0 Å². The molecule has 0 bridgehead atoms. The molecule has 108 valence electrons. The number of nitriles is 1. The van der Waals surface area contributed by atoms with Crippen LogP contribution in [0.3, 0.4) is 0 Å². The number of nitrogens with zero attached hydrogens (tertiary/aromatic N) is 2. The van der Waals surface area contributed by atoms with Gasteiger partial charge in [-0.1, -0.05) is 30.3 Å². The van der Waals surface area contributed by atoms with Crippen molar-refractivity contribution in [2.45, 2.75) is 6.61 Å². The fraction of sp³-hybridized carbons (Fsp3) is 0.111. The molecule has 0 aliphatic heterocycles. The smallest absolute Gasteiger partial charge is 0.340 e. The Morgan fingerprint density at radius 3 is 2.64 bits per heavy atom. The van der Waals surface area contributed by atoms with Crippen LogP contribution in [-0.4, -0.2) is 10.5 Å². The summed E-state index contributed by atoms with van der Waals surface area (Å²) < 4.78 is 7.28. The first-order chi connectivity index (χ1) is 10.7. The zero-order chi connectivity index (χ0) is 15.5. The minimum atomic E-state index is -0.346. The summed E-state index contributed by atoms with van der Waals surface area (Å²) in [6.45, 7) is 0.188. The molecule has 22 heavy (non-hydrogen) atoms. The molecule has 1 heterocycles. The second kappa shape index (κ2) is 5.74. The van der Waals surface area contributed by atoms with E-state index in [1.807, 2.05) is 35.9 Å². The summed E-state index contributed by atoms with van der Waals surface area (Å²) in [5, 5.41) is 9.64. The lowest BCUT2D eigenvalue weighted by Gasteiger charge is -2.04. The number of ether oxygens (including phenoxy) is 1. The van der Waals surface area contributed by atoms with Crippen LogP contribution in [-0.2, 0) is 18.4 Å². The molecule has 0 saturated heterocycles. The van der Waals surface area contributed by atoms with Crippen molar-refractivity contribution in [1.82, 2.24) is 4.57 Å². The lowest BCUT2D eigenvalue weighted by molar-refractivity contribution is 0.0475. The predicted octanol–water partition coefficient (Wildman–Crippen LogP) is 3.41. The monoisotopic (exact) mass is 290 g/mol. The summed E-state index contributed by atoms with van der Waals surface area (Å²) >= 11 is 0. The molecule has 4 heteroatoms. The van der Waals surface area contributed by atoms with Gasteiger partial charge in [0.2, 0.25) is 0 Å². The van der Waals surface area contributed by atoms with Gasteiger partial charge in [0.1, 0.15) is 6.61 Å². The maximum atomic E-state index is 12.3. The van der Waals surface area contributed by atoms with Gasteiger partial charge in [-0.05, 0) is 23.8 Å². The molecule has 0 radical (unpaired) electrons. The molecular formula is C18H14N2O2. The van der Waals surface area contributed by atoms with Crippen molar-refractivity contribution >= 4 is 16.9 Å². The second-order valence-corrected chi connectivity index (χ2v) is 5.06. The molecule has 0 aliphatic carbocycles. The number of aryl methyl sites for hydroxylation is 1. The Morgan fingerprint density at radius 2 is 1.91 bits per heavy atom. The number of aromatic nitrogens is 1. The van der Waals surface area contributed by atoms with E-state index in [2.05, 4.69) is 6.07 Å². The lowest BCUT2D eigenvalue weighted by atomic mass is 10.1. The van der Waals surface area contributed by atoms with E-state index in [1.54, 1.807) is 30.5 Å². The average Bonchev–Trinajstić information content (AvgIpc) is 2.91. The van der Waals surface area contributed by atoms with Crippen molar-refractivity contribution < 1.29 is 9.53 Å². The van der Waals surface area contributed by atoms with Crippen LogP contribution in [0.2, 0.25) is 0 Å². The molecule has 0 N–H and O–H groups in total. The van der Waals surface area contributed by atoms with Gasteiger partial charge in [0.05, 0.1) is 17.2 Å². The Hall–Kier alpha value is -3.06. The van der Waals surface area contributed by atoms with Crippen LogP contribution in [0.4, 0.5) is 0 Å². The normalized spacial score (nSPS) is 10.4. The van der Waals surface area contributed by atoms with Crippen molar-refractivity contribution in [3.8, 4) is 6.07 Å². The van der Waals surface area contributed by atoms with E-state index in [-0.39, 0.29) is 12.6 Å². The Morgan fingerprint density at radius 1 is 1.18 bits per heavy atom. The fourth-order valence-corrected chi connectivity index (χ4v) is 2.41. The van der Waals surface area contributed by atoms with Crippen LogP contribution >= 0.6 is 0 Å². The number of hydrogen-bond acceptors (Lipinski definition) is 3. The number of carbonyl (C=O) groups is 1. The van der Waals surface area contributed by atoms with Crippen molar-refractivity contribution in [2.24, 2.45) is 7.05 Å². The summed E-state index contributed by atoms with van der Waals surface area (Å²) in [7, 11) is 1.90. The van der Waals surface area contributed by atoms with Crippen molar-refractivity contribution in [2.75, 3.05) is 0 Å². The summed E-state index contributed by atoms with van der Waals surface area (Å²) in [5.74, 6) is -0.346. The summed E-state index contributed by atoms with van der Waals surface area (Å²) in [5.41, 5.74) is 3.00. The van der Waals surface area contributed by atoms with E-state index in [0.29, 0.717) is 11.1 Å². The Kier molecular flexibility index (Phi) is 3.63. The third-order valence-electron chi connectivity index (χ3n) is 3.57. The molecule has 0 aliphatic rings. The molecule has 0 unspecified atom stereocenters. The first-order valence-electron chi connectivity index (χ1n) is 6.89. The second-order valence-electron chi connectivity index (χ2n) is 5.06. The van der Waals surface area contributed by atoms with Crippen molar-refractivity contribution in [3.63, 3.8) is 0 Å². The number of esters is 1. The molecule has 3 aromatic rings. The van der Waals surface area contributed by atoms with Crippen LogP contribution in [0.1, 0.15) is 21.5 Å². The summed E-state index contributed by atoms with van der Waals surface area (Å²) in [4.78, 5) is 12.3. The third-order valence-corrected chi connectivity index (χ3v) is 3.57. The minimum Gasteiger partial charge on any atom is -0.457 e. The molecule has 1 aromatic heterocycles. The Balaban J connectivity index is 1.77. The molecule has 0 fully saturated rings. The molecule has 0 spiro atoms. The van der Waals surface area contributed by atoms with Gasteiger partial charge in [-0.3, -0.25) is 0 Å². The number of para-hydroxylation sites is 1. The lowest BCUT2D eigenvalue weighted by Crippen LogP contribution is -2.04. The van der Waals surface area contributed by atoms with Gasteiger partial charge in [0.25, 0.3) is 0 Å². The highest BCUT2D eigenvalue weighted by atomic mass is 16.5. The van der Waals surface area contributed by atoms with Crippen LogP contribution < -0.4 is 0 Å². The quantitative estimate of drug-likeness (QED) is 0.695. The van der Waals surface area contributed by atoms with Crippen LogP contribution in [0.5, 0.6) is 0 Å². The van der Waals surface area contributed by atoms with Gasteiger partial charge in [0.15, 0.2) is 0 Å². The largest absolute Gasteiger partial charge is 0.457 e. The van der Waals surface area contributed by atoms with Crippen LogP contribution in [0.25, 0.3) is 10.9 Å². The van der Waals surface area contributed by atoms with Crippen LogP contribution in [0.15, 0.2) is 54.7 Å². The van der Waals surface area contributed by atoms with Gasteiger partial charge >= 0.3 is 5.97 Å². The highest BCUT2D eigenvalue weighted by Crippen LogP contribution is 2.21. The van der Waals surface area contributed by atoms with Crippen LogP contribution in [0, 0.1) is 11.3 Å². The van der Waals surface area contributed by atoms with E-state index in [0.717, 1.165) is 16.5 Å². The van der Waals surface area contributed by atoms with Gasteiger partial charge in [-0.15, -0.1) is 0 Å². The predicted molar refractivity (Wildman–Crippen MR) is 83.2 cm³/mol. The maximum Gasteiger partial charge on any atom is 0.340 e. The highest BCUT2D eigenvalue weighted by Gasteiger charge is 2.14. The van der Waals surface area contributed by atoms with Gasteiger partial charge in [0, 0.05) is 24.1 Å². The van der Waals surface area contributed by atoms with E-state index in [9.17, 15) is 4.79 Å². The first-order valence-corrected chi connectivity index (χ1v) is 6.89. The molecule has 2 aromatic carbocycles. The summed E-state index contributed by atoms with van der Waals surface area (Å²) in [6.07, 6.45) is 1.78. The van der Waals surface area contributed by atoms with Gasteiger partial charge in [-0.2, -0.15) is 5.26 Å².